The van der Waals surface area contributed by atoms with Crippen molar-refractivity contribution >= 4 is 41.7 Å². The molecule has 1 aliphatic heterocycles. The molecule has 5 nitrogen and oxygen atoms in total. The number of ether oxygens (including phenoxy) is 2. The molecule has 158 valence electrons. The third kappa shape index (κ3) is 7.72. The van der Waals surface area contributed by atoms with Gasteiger partial charge in [-0.1, -0.05) is 24.3 Å². The summed E-state index contributed by atoms with van der Waals surface area (Å²) < 4.78 is 11.4. The maximum atomic E-state index is 6.04. The monoisotopic (exact) mass is 519 g/mol. The van der Waals surface area contributed by atoms with Crippen LogP contribution < -0.4 is 10.6 Å². The van der Waals surface area contributed by atoms with E-state index in [0.717, 1.165) is 43.8 Å². The second kappa shape index (κ2) is 12.9. The smallest absolute Gasteiger partial charge is 0.191 e. The minimum atomic E-state index is 0. The first-order valence-corrected chi connectivity index (χ1v) is 11.3. The van der Waals surface area contributed by atoms with Gasteiger partial charge in [0.25, 0.3) is 0 Å². The Bertz CT molecular complexity index is 611. The summed E-state index contributed by atoms with van der Waals surface area (Å²) in [7, 11) is 1.84. The zero-order valence-electron chi connectivity index (χ0n) is 17.0. The minimum Gasteiger partial charge on any atom is -0.381 e. The minimum absolute atomic E-state index is 0. The average Bonchev–Trinajstić information content (AvgIpc) is 3.18. The van der Waals surface area contributed by atoms with Gasteiger partial charge in [0.1, 0.15) is 0 Å². The third-order valence-electron chi connectivity index (χ3n) is 5.39. The van der Waals surface area contributed by atoms with E-state index in [4.69, 9.17) is 9.47 Å². The number of hydrogen-bond acceptors (Lipinski definition) is 4. The Morgan fingerprint density at radius 2 is 2.00 bits per heavy atom. The highest BCUT2D eigenvalue weighted by Gasteiger charge is 2.24. The standard InChI is InChI=1S/C21H33N3O2S.HI/c1-22-21(24-18-6-7-20(13-18)27-2)23-14-16-4-3-5-17(12-16)15-26-19-8-10-25-11-9-19;/h3-5,12,18-20H,6-11,13-15H2,1-2H3,(H2,22,23,24);1H. The van der Waals surface area contributed by atoms with Crippen LogP contribution in [-0.4, -0.2) is 49.9 Å². The van der Waals surface area contributed by atoms with Gasteiger partial charge in [-0.3, -0.25) is 4.99 Å². The normalized spacial score (nSPS) is 23.3. The van der Waals surface area contributed by atoms with E-state index < -0.39 is 0 Å². The zero-order chi connectivity index (χ0) is 18.9. The molecular weight excluding hydrogens is 485 g/mol. The number of rotatable bonds is 7. The second-order valence-corrected chi connectivity index (χ2v) is 8.52. The number of aliphatic imine (C=N–C) groups is 1. The molecule has 0 spiro atoms. The molecule has 1 aromatic rings. The maximum Gasteiger partial charge on any atom is 0.191 e. The van der Waals surface area contributed by atoms with E-state index in [-0.39, 0.29) is 24.0 Å². The second-order valence-electron chi connectivity index (χ2n) is 7.38. The number of thioether (sulfide) groups is 1. The number of nitrogens with one attached hydrogen (secondary N) is 2. The van der Waals surface area contributed by atoms with Crippen LogP contribution in [-0.2, 0) is 22.6 Å². The summed E-state index contributed by atoms with van der Waals surface area (Å²) >= 11 is 1.98. The Kier molecular flexibility index (Phi) is 11.0. The summed E-state index contributed by atoms with van der Waals surface area (Å²) in [5.74, 6) is 0.894. The van der Waals surface area contributed by atoms with E-state index in [1.807, 2.05) is 18.8 Å². The molecule has 1 aliphatic carbocycles. The van der Waals surface area contributed by atoms with Crippen molar-refractivity contribution in [1.82, 2.24) is 10.6 Å². The van der Waals surface area contributed by atoms with Crippen molar-refractivity contribution in [2.45, 2.75) is 62.7 Å². The number of guanidine groups is 1. The molecule has 2 atom stereocenters. The number of nitrogens with zero attached hydrogens (tertiary/aromatic N) is 1. The first-order chi connectivity index (χ1) is 13.3. The summed E-state index contributed by atoms with van der Waals surface area (Å²) in [6.45, 7) is 3.08. The molecule has 0 radical (unpaired) electrons. The van der Waals surface area contributed by atoms with Crippen LogP contribution in [0.1, 0.15) is 43.2 Å². The maximum absolute atomic E-state index is 6.04. The Morgan fingerprint density at radius 1 is 1.21 bits per heavy atom. The molecule has 2 unspecified atom stereocenters. The van der Waals surface area contributed by atoms with E-state index in [1.54, 1.807) is 0 Å². The lowest BCUT2D eigenvalue weighted by molar-refractivity contribution is -0.0390. The molecule has 0 bridgehead atoms. The molecule has 1 aromatic carbocycles. The highest BCUT2D eigenvalue weighted by Crippen LogP contribution is 2.28. The van der Waals surface area contributed by atoms with Crippen LogP contribution in [0.5, 0.6) is 0 Å². The quantitative estimate of drug-likeness (QED) is 0.325. The fourth-order valence-corrected chi connectivity index (χ4v) is 4.54. The predicted molar refractivity (Wildman–Crippen MR) is 129 cm³/mol. The number of hydrogen-bond donors (Lipinski definition) is 2. The van der Waals surface area contributed by atoms with Gasteiger partial charge in [0, 0.05) is 38.1 Å². The van der Waals surface area contributed by atoms with Crippen molar-refractivity contribution in [3.63, 3.8) is 0 Å². The Balaban J connectivity index is 0.00000280. The van der Waals surface area contributed by atoms with Crippen molar-refractivity contribution in [1.29, 1.82) is 0 Å². The molecule has 0 amide bonds. The van der Waals surface area contributed by atoms with Crippen LogP contribution >= 0.6 is 35.7 Å². The highest BCUT2D eigenvalue weighted by atomic mass is 127. The summed E-state index contributed by atoms with van der Waals surface area (Å²) in [5, 5.41) is 7.81. The van der Waals surface area contributed by atoms with E-state index >= 15 is 0 Å². The van der Waals surface area contributed by atoms with Crippen molar-refractivity contribution in [3.05, 3.63) is 35.4 Å². The fraction of sp³-hybridized carbons (Fsp3) is 0.667. The van der Waals surface area contributed by atoms with Gasteiger partial charge in [-0.15, -0.1) is 24.0 Å². The SMILES string of the molecule is CN=C(NCc1cccc(COC2CCOCC2)c1)NC1CCC(SC)C1.I. The molecule has 28 heavy (non-hydrogen) atoms. The summed E-state index contributed by atoms with van der Waals surface area (Å²) in [4.78, 5) is 4.39. The van der Waals surface area contributed by atoms with Gasteiger partial charge in [0.2, 0.25) is 0 Å². The highest BCUT2D eigenvalue weighted by molar-refractivity contribution is 14.0. The van der Waals surface area contributed by atoms with E-state index in [9.17, 15) is 0 Å². The van der Waals surface area contributed by atoms with Crippen LogP contribution in [0.25, 0.3) is 0 Å². The van der Waals surface area contributed by atoms with Gasteiger partial charge in [-0.2, -0.15) is 11.8 Å². The van der Waals surface area contributed by atoms with Crippen LogP contribution in [0, 0.1) is 0 Å². The Morgan fingerprint density at radius 3 is 2.71 bits per heavy atom. The van der Waals surface area contributed by atoms with E-state index in [0.29, 0.717) is 18.8 Å². The van der Waals surface area contributed by atoms with Gasteiger partial charge in [-0.05, 0) is 49.5 Å². The summed E-state index contributed by atoms with van der Waals surface area (Å²) in [6, 6.07) is 9.15. The summed E-state index contributed by atoms with van der Waals surface area (Å²) in [6.07, 6.45) is 8.29. The van der Waals surface area contributed by atoms with Gasteiger partial charge >= 0.3 is 0 Å². The lowest BCUT2D eigenvalue weighted by Crippen LogP contribution is -2.42. The summed E-state index contributed by atoms with van der Waals surface area (Å²) in [5.41, 5.74) is 2.47. The lowest BCUT2D eigenvalue weighted by atomic mass is 10.1. The van der Waals surface area contributed by atoms with Crippen LogP contribution in [0.3, 0.4) is 0 Å². The molecule has 2 N–H and O–H groups in total. The van der Waals surface area contributed by atoms with Crippen molar-refractivity contribution in [2.75, 3.05) is 26.5 Å². The van der Waals surface area contributed by atoms with E-state index in [1.165, 1.54) is 30.4 Å². The average molecular weight is 519 g/mol. The van der Waals surface area contributed by atoms with Gasteiger partial charge < -0.3 is 20.1 Å². The Hall–Kier alpha value is -0.510. The van der Waals surface area contributed by atoms with Gasteiger partial charge in [0.05, 0.1) is 12.7 Å². The fourth-order valence-electron chi connectivity index (χ4n) is 3.75. The van der Waals surface area contributed by atoms with Gasteiger partial charge in [0.15, 0.2) is 5.96 Å². The predicted octanol–water partition coefficient (Wildman–Crippen LogP) is 3.95. The van der Waals surface area contributed by atoms with Crippen LogP contribution in [0.4, 0.5) is 0 Å². The first kappa shape index (κ1) is 23.8. The number of benzene rings is 1. The van der Waals surface area contributed by atoms with Crippen LogP contribution in [0.2, 0.25) is 0 Å². The molecule has 7 heteroatoms. The third-order valence-corrected chi connectivity index (χ3v) is 6.48. The van der Waals surface area contributed by atoms with Crippen molar-refractivity contribution < 1.29 is 9.47 Å². The molecule has 1 saturated carbocycles. The molecule has 3 rings (SSSR count). The molecule has 0 aromatic heterocycles. The zero-order valence-corrected chi connectivity index (χ0v) is 20.1. The molecule has 2 aliphatic rings. The number of halogens is 1. The molecule has 2 fully saturated rings. The van der Waals surface area contributed by atoms with Crippen molar-refractivity contribution in [2.24, 2.45) is 4.99 Å². The molecule has 1 heterocycles. The molecule has 1 saturated heterocycles. The van der Waals surface area contributed by atoms with Crippen molar-refractivity contribution in [3.8, 4) is 0 Å². The molecular formula is C21H34IN3O2S. The largest absolute Gasteiger partial charge is 0.381 e. The lowest BCUT2D eigenvalue weighted by Gasteiger charge is -2.22. The van der Waals surface area contributed by atoms with E-state index in [2.05, 4.69) is 46.1 Å². The van der Waals surface area contributed by atoms with Gasteiger partial charge in [-0.25, -0.2) is 0 Å². The first-order valence-electron chi connectivity index (χ1n) is 10.0. The Labute approximate surface area is 190 Å². The topological polar surface area (TPSA) is 54.9 Å². The van der Waals surface area contributed by atoms with Crippen LogP contribution in [0.15, 0.2) is 29.3 Å².